The van der Waals surface area contributed by atoms with Crippen LogP contribution in [0.1, 0.15) is 290 Å². The number of rotatable bonds is 61. The lowest BCUT2D eigenvalue weighted by atomic mass is 10.1. The average molecular weight is 1170 g/mol. The Morgan fingerprint density at radius 3 is 0.976 bits per heavy atom. The van der Waals surface area contributed by atoms with Crippen LogP contribution in [0.4, 0.5) is 0 Å². The van der Waals surface area contributed by atoms with E-state index in [1.165, 1.54) is 96.3 Å². The van der Waals surface area contributed by atoms with Crippen molar-refractivity contribution in [2.24, 2.45) is 0 Å². The van der Waals surface area contributed by atoms with Crippen molar-refractivity contribution in [2.75, 3.05) is 26.4 Å². The fraction of sp³-hybridized carbons (Fsp3) is 0.729. The predicted octanol–water partition coefficient (Wildman–Crippen LogP) is 20.4. The summed E-state index contributed by atoms with van der Waals surface area (Å²) in [5.41, 5.74) is 0. The summed E-state index contributed by atoms with van der Waals surface area (Å²) >= 11 is 0. The Morgan fingerprint density at radius 2 is 0.634 bits per heavy atom. The SMILES string of the molecule is CC/C=C\C/C=C\C/C=C\C/C=C\CCCCCCCCC(=O)OC(COC(=O)CCCCCCCCC/C=C\C/C=C\CCCCC)COP(=O)(O)OCC(CO)OC(=O)CCCCCCCCCCC/C=C\C/C=C\CCCCC. The quantitative estimate of drug-likeness (QED) is 0.0197. The van der Waals surface area contributed by atoms with E-state index in [1.54, 1.807) is 0 Å². The van der Waals surface area contributed by atoms with Gasteiger partial charge in [0.25, 0.3) is 0 Å². The monoisotopic (exact) mass is 1170 g/mol. The second-order valence-electron chi connectivity index (χ2n) is 21.9. The Hall–Kier alpha value is -3.60. The van der Waals surface area contributed by atoms with E-state index in [9.17, 15) is 28.9 Å². The lowest BCUT2D eigenvalue weighted by molar-refractivity contribution is -0.161. The number of aliphatic hydroxyl groups excluding tert-OH is 1. The molecule has 0 amide bonds. The first-order chi connectivity index (χ1) is 40.2. The van der Waals surface area contributed by atoms with E-state index in [4.69, 9.17) is 23.3 Å². The van der Waals surface area contributed by atoms with Gasteiger partial charge in [0.1, 0.15) is 12.7 Å². The van der Waals surface area contributed by atoms with Gasteiger partial charge in [-0.25, -0.2) is 4.57 Å². The predicted molar refractivity (Wildman–Crippen MR) is 344 cm³/mol. The fourth-order valence-electron chi connectivity index (χ4n) is 8.94. The van der Waals surface area contributed by atoms with Crippen molar-refractivity contribution in [3.8, 4) is 0 Å². The van der Waals surface area contributed by atoms with E-state index >= 15 is 0 Å². The highest BCUT2D eigenvalue weighted by atomic mass is 31.2. The molecule has 0 saturated carbocycles. The number of esters is 3. The van der Waals surface area contributed by atoms with Gasteiger partial charge in [-0.2, -0.15) is 0 Å². The van der Waals surface area contributed by atoms with Crippen LogP contribution >= 0.6 is 7.82 Å². The number of phosphoric ester groups is 1. The molecule has 82 heavy (non-hydrogen) atoms. The fourth-order valence-corrected chi connectivity index (χ4v) is 9.72. The molecule has 0 fully saturated rings. The molecule has 2 N–H and O–H groups in total. The molecule has 0 heterocycles. The molecule has 3 atom stereocenters. The van der Waals surface area contributed by atoms with Crippen LogP contribution in [0, 0.1) is 0 Å². The molecule has 0 bridgehead atoms. The Morgan fingerprint density at radius 1 is 0.354 bits per heavy atom. The molecule has 0 rings (SSSR count). The first-order valence-electron chi connectivity index (χ1n) is 33.1. The number of hydrogen-bond donors (Lipinski definition) is 2. The van der Waals surface area contributed by atoms with E-state index in [2.05, 4.69) is 118 Å². The third kappa shape index (κ3) is 61.0. The highest BCUT2D eigenvalue weighted by Crippen LogP contribution is 2.43. The number of allylic oxidation sites excluding steroid dienone is 16. The van der Waals surface area contributed by atoms with Crippen molar-refractivity contribution >= 4 is 25.7 Å². The summed E-state index contributed by atoms with van der Waals surface area (Å²) in [5.74, 6) is -1.49. The summed E-state index contributed by atoms with van der Waals surface area (Å²) < 4.78 is 39.7. The number of carbonyl (C=O) groups excluding carboxylic acids is 3. The van der Waals surface area contributed by atoms with Crippen molar-refractivity contribution in [2.45, 2.75) is 303 Å². The second-order valence-corrected chi connectivity index (χ2v) is 23.3. The van der Waals surface area contributed by atoms with Crippen molar-refractivity contribution in [3.05, 3.63) is 97.2 Å². The summed E-state index contributed by atoms with van der Waals surface area (Å²) in [7, 11) is -4.77. The van der Waals surface area contributed by atoms with E-state index in [0.717, 1.165) is 135 Å². The van der Waals surface area contributed by atoms with E-state index < -0.39 is 57.8 Å². The minimum Gasteiger partial charge on any atom is -0.462 e. The molecular weight excluding hydrogens is 1050 g/mol. The van der Waals surface area contributed by atoms with Gasteiger partial charge >= 0.3 is 25.7 Å². The van der Waals surface area contributed by atoms with E-state index in [1.807, 2.05) is 0 Å². The molecule has 11 nitrogen and oxygen atoms in total. The maximum atomic E-state index is 13.0. The molecule has 472 valence electrons. The molecule has 0 saturated heterocycles. The van der Waals surface area contributed by atoms with Gasteiger partial charge in [0.05, 0.1) is 19.8 Å². The summed E-state index contributed by atoms with van der Waals surface area (Å²) in [4.78, 5) is 48.8. The standard InChI is InChI=1S/C70H121O11P/c1-4-7-10-13-16-19-22-25-28-31-33-36-39-42-45-48-51-54-57-60-69(73)80-66(62-71)64-78-82(75,76)79-65-67(63-77-68(72)59-56-53-50-47-44-41-38-35-30-27-24-21-18-15-12-9-6-3)81-70(74)61-58-55-52-49-46-43-40-37-34-32-29-26-23-20-17-14-11-8-5-2/h8,11,16-21,25-30,34,37,66-67,71H,4-7,9-10,12-15,22-24,31-33,35-36,38-65H2,1-3H3,(H,75,76)/b11-8-,19-16-,20-17-,21-18-,28-25-,29-26-,30-27-,37-34-. The van der Waals surface area contributed by atoms with Gasteiger partial charge in [-0.05, 0) is 122 Å². The molecule has 0 aliphatic rings. The number of phosphoric acid groups is 1. The molecule has 0 aliphatic heterocycles. The van der Waals surface area contributed by atoms with Crippen molar-refractivity contribution in [3.63, 3.8) is 0 Å². The summed E-state index contributed by atoms with van der Waals surface area (Å²) in [5, 5.41) is 9.87. The molecule has 0 aliphatic carbocycles. The van der Waals surface area contributed by atoms with Gasteiger partial charge in [0.2, 0.25) is 0 Å². The summed E-state index contributed by atoms with van der Waals surface area (Å²) in [6.07, 6.45) is 76.3. The first-order valence-corrected chi connectivity index (χ1v) is 34.6. The maximum absolute atomic E-state index is 13.0. The minimum atomic E-state index is -4.77. The van der Waals surface area contributed by atoms with Gasteiger partial charge in [-0.15, -0.1) is 0 Å². The molecule has 0 aromatic carbocycles. The molecule has 0 aromatic heterocycles. The zero-order chi connectivity index (χ0) is 59.8. The van der Waals surface area contributed by atoms with Gasteiger partial charge in [0, 0.05) is 19.3 Å². The zero-order valence-electron chi connectivity index (χ0n) is 52.4. The van der Waals surface area contributed by atoms with Crippen LogP contribution in [-0.4, -0.2) is 66.5 Å². The molecule has 12 heteroatoms. The second kappa shape index (κ2) is 63.4. The lowest BCUT2D eigenvalue weighted by Crippen LogP contribution is -2.30. The minimum absolute atomic E-state index is 0.146. The van der Waals surface area contributed by atoms with Crippen LogP contribution in [0.25, 0.3) is 0 Å². The third-order valence-corrected chi connectivity index (χ3v) is 14.9. The van der Waals surface area contributed by atoms with Gasteiger partial charge in [-0.3, -0.25) is 23.4 Å². The van der Waals surface area contributed by atoms with Gasteiger partial charge in [0.15, 0.2) is 6.10 Å². The summed E-state index contributed by atoms with van der Waals surface area (Å²) in [6.45, 7) is 4.49. The van der Waals surface area contributed by atoms with Crippen molar-refractivity contribution < 1.29 is 52.2 Å². The van der Waals surface area contributed by atoms with E-state index in [-0.39, 0.29) is 25.9 Å². The molecular formula is C70H121O11P. The highest BCUT2D eigenvalue weighted by Gasteiger charge is 2.28. The Balaban J connectivity index is 4.72. The van der Waals surface area contributed by atoms with Crippen LogP contribution < -0.4 is 0 Å². The van der Waals surface area contributed by atoms with Crippen LogP contribution in [0.2, 0.25) is 0 Å². The van der Waals surface area contributed by atoms with Crippen LogP contribution in [0.15, 0.2) is 97.2 Å². The summed E-state index contributed by atoms with van der Waals surface area (Å²) in [6, 6.07) is 0. The largest absolute Gasteiger partial charge is 0.472 e. The smallest absolute Gasteiger partial charge is 0.462 e. The number of hydrogen-bond acceptors (Lipinski definition) is 10. The lowest BCUT2D eigenvalue weighted by Gasteiger charge is -2.21. The van der Waals surface area contributed by atoms with Crippen molar-refractivity contribution in [1.82, 2.24) is 0 Å². The van der Waals surface area contributed by atoms with Gasteiger partial charge in [-0.1, -0.05) is 246 Å². The first kappa shape index (κ1) is 78.4. The third-order valence-electron chi connectivity index (χ3n) is 14.0. The molecule has 3 unspecified atom stereocenters. The van der Waals surface area contributed by atoms with Crippen LogP contribution in [-0.2, 0) is 42.2 Å². The number of ether oxygens (including phenoxy) is 3. The number of unbranched alkanes of at least 4 members (excludes halogenated alkanes) is 28. The number of carbonyl (C=O) groups is 3. The Kier molecular flexibility index (Phi) is 60.6. The van der Waals surface area contributed by atoms with Crippen LogP contribution in [0.3, 0.4) is 0 Å². The van der Waals surface area contributed by atoms with Gasteiger partial charge < -0.3 is 24.2 Å². The van der Waals surface area contributed by atoms with E-state index in [0.29, 0.717) is 19.3 Å². The normalized spacial score (nSPS) is 13.9. The Bertz CT molecular complexity index is 1750. The van der Waals surface area contributed by atoms with Crippen LogP contribution in [0.5, 0.6) is 0 Å². The molecule has 0 aromatic rings. The highest BCUT2D eigenvalue weighted by molar-refractivity contribution is 7.47. The molecule has 0 radical (unpaired) electrons. The maximum Gasteiger partial charge on any atom is 0.472 e. The number of aliphatic hydroxyl groups is 1. The van der Waals surface area contributed by atoms with Crippen molar-refractivity contribution in [1.29, 1.82) is 0 Å². The average Bonchev–Trinajstić information content (AvgIpc) is 3.50. The Labute approximate surface area is 502 Å². The topological polar surface area (TPSA) is 155 Å². The zero-order valence-corrected chi connectivity index (χ0v) is 53.3. The molecule has 0 spiro atoms.